The van der Waals surface area contributed by atoms with Gasteiger partial charge in [-0.25, -0.2) is 4.98 Å². The van der Waals surface area contributed by atoms with E-state index in [4.69, 9.17) is 11.6 Å². The Morgan fingerprint density at radius 2 is 2.20 bits per heavy atom. The largest absolute Gasteiger partial charge is 0.366 e. The van der Waals surface area contributed by atoms with Crippen molar-refractivity contribution in [3.8, 4) is 0 Å². The van der Waals surface area contributed by atoms with Crippen LogP contribution in [0.1, 0.15) is 36.0 Å². The first-order valence-corrected chi connectivity index (χ1v) is 5.54. The van der Waals surface area contributed by atoms with E-state index < -0.39 is 0 Å². The van der Waals surface area contributed by atoms with Gasteiger partial charge in [-0.1, -0.05) is 24.4 Å². The fourth-order valence-electron chi connectivity index (χ4n) is 1.89. The predicted molar refractivity (Wildman–Crippen MR) is 60.5 cm³/mol. The molecule has 0 aliphatic heterocycles. The van der Waals surface area contributed by atoms with Gasteiger partial charge in [0.2, 0.25) is 0 Å². The third kappa shape index (κ3) is 2.48. The normalized spacial score (nSPS) is 16.6. The molecule has 0 saturated heterocycles. The van der Waals surface area contributed by atoms with Crippen LogP contribution in [0.5, 0.6) is 0 Å². The Labute approximate surface area is 93.8 Å². The monoisotopic (exact) mass is 224 g/mol. The molecule has 1 aromatic rings. The van der Waals surface area contributed by atoms with Gasteiger partial charge in [-0.3, -0.25) is 4.79 Å². The van der Waals surface area contributed by atoms with Crippen molar-refractivity contribution < 1.29 is 4.79 Å². The molecule has 0 amide bonds. The van der Waals surface area contributed by atoms with Crippen LogP contribution in [0.4, 0.5) is 5.82 Å². The molecule has 1 aromatic heterocycles. The maximum absolute atomic E-state index is 10.5. The summed E-state index contributed by atoms with van der Waals surface area (Å²) >= 11 is 6.00. The van der Waals surface area contributed by atoms with Crippen molar-refractivity contribution in [2.24, 2.45) is 0 Å². The third-order valence-electron chi connectivity index (χ3n) is 2.69. The second-order valence-corrected chi connectivity index (χ2v) is 4.25. The van der Waals surface area contributed by atoms with Crippen LogP contribution in [-0.4, -0.2) is 17.3 Å². The van der Waals surface area contributed by atoms with Crippen LogP contribution in [0.15, 0.2) is 12.3 Å². The molecule has 15 heavy (non-hydrogen) atoms. The number of hydrogen-bond donors (Lipinski definition) is 1. The van der Waals surface area contributed by atoms with E-state index in [0.29, 0.717) is 22.4 Å². The van der Waals surface area contributed by atoms with Crippen LogP contribution in [0.3, 0.4) is 0 Å². The van der Waals surface area contributed by atoms with Gasteiger partial charge >= 0.3 is 0 Å². The first-order valence-electron chi connectivity index (χ1n) is 5.17. The van der Waals surface area contributed by atoms with Gasteiger partial charge < -0.3 is 5.32 Å². The standard InChI is InChI=1S/C11H13ClN2O/c12-10-5-8(7-15)6-13-11(10)14-9-3-1-2-4-9/h5-7,9H,1-4H2,(H,13,14). The lowest BCUT2D eigenvalue weighted by atomic mass is 10.2. The number of anilines is 1. The van der Waals surface area contributed by atoms with Crippen molar-refractivity contribution in [1.82, 2.24) is 4.98 Å². The van der Waals surface area contributed by atoms with Crippen molar-refractivity contribution in [3.05, 3.63) is 22.8 Å². The topological polar surface area (TPSA) is 42.0 Å². The lowest BCUT2D eigenvalue weighted by Gasteiger charge is -2.13. The van der Waals surface area contributed by atoms with Crippen LogP contribution >= 0.6 is 11.6 Å². The molecule has 1 saturated carbocycles. The zero-order chi connectivity index (χ0) is 10.7. The van der Waals surface area contributed by atoms with Gasteiger partial charge in [-0.15, -0.1) is 0 Å². The Balaban J connectivity index is 2.10. The molecule has 1 aliphatic carbocycles. The highest BCUT2D eigenvalue weighted by Crippen LogP contribution is 2.25. The summed E-state index contributed by atoms with van der Waals surface area (Å²) in [6, 6.07) is 2.12. The number of carbonyl (C=O) groups is 1. The van der Waals surface area contributed by atoms with Gasteiger partial charge in [0.25, 0.3) is 0 Å². The van der Waals surface area contributed by atoms with E-state index in [1.807, 2.05) is 0 Å². The molecule has 0 spiro atoms. The van der Waals surface area contributed by atoms with Gasteiger partial charge in [-0.05, 0) is 18.9 Å². The minimum absolute atomic E-state index is 0.483. The second-order valence-electron chi connectivity index (χ2n) is 3.84. The Morgan fingerprint density at radius 3 is 2.80 bits per heavy atom. The third-order valence-corrected chi connectivity index (χ3v) is 2.98. The predicted octanol–water partition coefficient (Wildman–Crippen LogP) is 2.90. The summed E-state index contributed by atoms with van der Waals surface area (Å²) in [6.07, 6.45) is 7.17. The Bertz CT molecular complexity index is 362. The summed E-state index contributed by atoms with van der Waals surface area (Å²) in [4.78, 5) is 14.6. The SMILES string of the molecule is O=Cc1cnc(NC2CCCC2)c(Cl)c1. The molecule has 0 bridgehead atoms. The molecule has 1 aliphatic rings. The zero-order valence-corrected chi connectivity index (χ0v) is 9.13. The summed E-state index contributed by atoms with van der Waals surface area (Å²) in [5.41, 5.74) is 0.511. The summed E-state index contributed by atoms with van der Waals surface area (Å²) < 4.78 is 0. The molecule has 80 valence electrons. The summed E-state index contributed by atoms with van der Waals surface area (Å²) in [5.74, 6) is 0.689. The highest BCUT2D eigenvalue weighted by atomic mass is 35.5. The zero-order valence-electron chi connectivity index (χ0n) is 8.37. The fraction of sp³-hybridized carbons (Fsp3) is 0.455. The van der Waals surface area contributed by atoms with E-state index in [0.717, 1.165) is 6.29 Å². The number of nitrogens with one attached hydrogen (secondary N) is 1. The van der Waals surface area contributed by atoms with Crippen LogP contribution in [0.25, 0.3) is 0 Å². The molecule has 0 radical (unpaired) electrons. The van der Waals surface area contributed by atoms with E-state index >= 15 is 0 Å². The molecule has 2 rings (SSSR count). The van der Waals surface area contributed by atoms with E-state index in [1.54, 1.807) is 6.07 Å². The van der Waals surface area contributed by atoms with Gasteiger partial charge in [0.05, 0.1) is 5.02 Å². The molecule has 1 heterocycles. The Morgan fingerprint density at radius 1 is 1.47 bits per heavy atom. The van der Waals surface area contributed by atoms with Crippen LogP contribution in [0.2, 0.25) is 5.02 Å². The first-order chi connectivity index (χ1) is 7.29. The molecule has 0 aromatic carbocycles. The van der Waals surface area contributed by atoms with Gasteiger partial charge in [0, 0.05) is 17.8 Å². The van der Waals surface area contributed by atoms with Gasteiger partial charge in [-0.2, -0.15) is 0 Å². The quantitative estimate of drug-likeness (QED) is 0.803. The summed E-state index contributed by atoms with van der Waals surface area (Å²) in [6.45, 7) is 0. The van der Waals surface area contributed by atoms with Crippen LogP contribution < -0.4 is 5.32 Å². The van der Waals surface area contributed by atoms with E-state index in [2.05, 4.69) is 10.3 Å². The van der Waals surface area contributed by atoms with Crippen molar-refractivity contribution in [1.29, 1.82) is 0 Å². The van der Waals surface area contributed by atoms with Crippen molar-refractivity contribution in [2.45, 2.75) is 31.7 Å². The minimum Gasteiger partial charge on any atom is -0.366 e. The molecule has 1 fully saturated rings. The highest BCUT2D eigenvalue weighted by molar-refractivity contribution is 6.33. The molecular formula is C11H13ClN2O. The van der Waals surface area contributed by atoms with Gasteiger partial charge in [0.1, 0.15) is 5.82 Å². The number of carbonyl (C=O) groups excluding carboxylic acids is 1. The van der Waals surface area contributed by atoms with Gasteiger partial charge in [0.15, 0.2) is 6.29 Å². The molecule has 3 nitrogen and oxygen atoms in total. The first kappa shape index (κ1) is 10.4. The fourth-order valence-corrected chi connectivity index (χ4v) is 2.12. The average Bonchev–Trinajstić information content (AvgIpc) is 2.74. The van der Waals surface area contributed by atoms with E-state index in [9.17, 15) is 4.79 Å². The highest BCUT2D eigenvalue weighted by Gasteiger charge is 2.16. The van der Waals surface area contributed by atoms with Crippen LogP contribution in [0, 0.1) is 0 Å². The molecule has 0 unspecified atom stereocenters. The molecule has 1 N–H and O–H groups in total. The Hall–Kier alpha value is -1.09. The van der Waals surface area contributed by atoms with Crippen molar-refractivity contribution in [3.63, 3.8) is 0 Å². The maximum Gasteiger partial charge on any atom is 0.151 e. The van der Waals surface area contributed by atoms with Crippen molar-refractivity contribution >= 4 is 23.7 Å². The molecule has 0 atom stereocenters. The number of aromatic nitrogens is 1. The lowest BCUT2D eigenvalue weighted by Crippen LogP contribution is -2.15. The van der Waals surface area contributed by atoms with Crippen LogP contribution in [-0.2, 0) is 0 Å². The minimum atomic E-state index is 0.483. The second kappa shape index (κ2) is 4.62. The lowest BCUT2D eigenvalue weighted by molar-refractivity contribution is 0.112. The number of hydrogen-bond acceptors (Lipinski definition) is 3. The smallest absolute Gasteiger partial charge is 0.151 e. The number of nitrogens with zero attached hydrogens (tertiary/aromatic N) is 1. The summed E-state index contributed by atoms with van der Waals surface area (Å²) in [7, 11) is 0. The summed E-state index contributed by atoms with van der Waals surface area (Å²) in [5, 5.41) is 3.82. The number of aldehydes is 1. The van der Waals surface area contributed by atoms with E-state index in [1.165, 1.54) is 31.9 Å². The van der Waals surface area contributed by atoms with E-state index in [-0.39, 0.29) is 0 Å². The van der Waals surface area contributed by atoms with Crippen molar-refractivity contribution in [2.75, 3.05) is 5.32 Å². The average molecular weight is 225 g/mol. The maximum atomic E-state index is 10.5. The Kier molecular flexibility index (Phi) is 3.21. The number of halogens is 1. The number of pyridine rings is 1. The molecular weight excluding hydrogens is 212 g/mol. The molecule has 4 heteroatoms. The number of rotatable bonds is 3.